The summed E-state index contributed by atoms with van der Waals surface area (Å²) in [7, 11) is 0. The number of hydrogen-bond donors (Lipinski definition) is 1. The van der Waals surface area contributed by atoms with Crippen LogP contribution in [0, 0.1) is 5.92 Å². The van der Waals surface area contributed by atoms with E-state index in [2.05, 4.69) is 31.2 Å². The Kier molecular flexibility index (Phi) is 3.42. The highest BCUT2D eigenvalue weighted by Crippen LogP contribution is 2.36. The standard InChI is InChI=1S/C14H21N/c1-2-4-11-5-3-6-13(9-11)14(15)10-12-7-8-12/h3,5-6,9,12,14H,2,4,7-8,10,15H2,1H3. The minimum atomic E-state index is 0.259. The van der Waals surface area contributed by atoms with Crippen molar-refractivity contribution in [3.8, 4) is 0 Å². The molecule has 0 aliphatic heterocycles. The lowest BCUT2D eigenvalue weighted by molar-refractivity contribution is 0.596. The van der Waals surface area contributed by atoms with Gasteiger partial charge in [-0.15, -0.1) is 0 Å². The van der Waals surface area contributed by atoms with Crippen LogP contribution in [-0.4, -0.2) is 0 Å². The van der Waals surface area contributed by atoms with Gasteiger partial charge in [-0.25, -0.2) is 0 Å². The molecule has 1 heteroatoms. The van der Waals surface area contributed by atoms with E-state index in [0.717, 1.165) is 5.92 Å². The van der Waals surface area contributed by atoms with Crippen molar-refractivity contribution in [3.05, 3.63) is 35.4 Å². The van der Waals surface area contributed by atoms with Crippen molar-refractivity contribution in [1.82, 2.24) is 0 Å². The highest BCUT2D eigenvalue weighted by Gasteiger charge is 2.24. The van der Waals surface area contributed by atoms with E-state index < -0.39 is 0 Å². The minimum absolute atomic E-state index is 0.259. The maximum absolute atomic E-state index is 6.20. The second-order valence-corrected chi connectivity index (χ2v) is 4.78. The maximum atomic E-state index is 6.20. The molecule has 0 spiro atoms. The molecule has 1 saturated carbocycles. The van der Waals surface area contributed by atoms with Crippen molar-refractivity contribution < 1.29 is 0 Å². The third kappa shape index (κ3) is 3.07. The van der Waals surface area contributed by atoms with Gasteiger partial charge in [-0.2, -0.15) is 0 Å². The normalized spacial score (nSPS) is 17.7. The first kappa shape index (κ1) is 10.7. The molecule has 15 heavy (non-hydrogen) atoms. The van der Waals surface area contributed by atoms with Gasteiger partial charge in [0.05, 0.1) is 0 Å². The molecule has 2 rings (SSSR count). The summed E-state index contributed by atoms with van der Waals surface area (Å²) < 4.78 is 0. The van der Waals surface area contributed by atoms with E-state index in [9.17, 15) is 0 Å². The second-order valence-electron chi connectivity index (χ2n) is 4.78. The lowest BCUT2D eigenvalue weighted by atomic mass is 9.99. The predicted octanol–water partition coefficient (Wildman–Crippen LogP) is 3.44. The van der Waals surface area contributed by atoms with E-state index in [1.165, 1.54) is 43.2 Å². The Hall–Kier alpha value is -0.820. The van der Waals surface area contributed by atoms with Gasteiger partial charge in [0.1, 0.15) is 0 Å². The zero-order chi connectivity index (χ0) is 10.7. The number of rotatable bonds is 5. The zero-order valence-electron chi connectivity index (χ0n) is 9.58. The molecule has 0 saturated heterocycles. The van der Waals surface area contributed by atoms with Gasteiger partial charge in [-0.1, -0.05) is 50.5 Å². The molecule has 1 atom stereocenters. The lowest BCUT2D eigenvalue weighted by Crippen LogP contribution is -2.11. The van der Waals surface area contributed by atoms with Crippen LogP contribution in [-0.2, 0) is 6.42 Å². The van der Waals surface area contributed by atoms with Crippen LogP contribution in [0.4, 0.5) is 0 Å². The fraction of sp³-hybridized carbons (Fsp3) is 0.571. The molecule has 1 aromatic carbocycles. The van der Waals surface area contributed by atoms with Crippen LogP contribution in [0.3, 0.4) is 0 Å². The van der Waals surface area contributed by atoms with E-state index in [1.54, 1.807) is 0 Å². The number of aryl methyl sites for hydroxylation is 1. The Morgan fingerprint density at radius 3 is 2.87 bits per heavy atom. The largest absolute Gasteiger partial charge is 0.324 e. The van der Waals surface area contributed by atoms with Gasteiger partial charge >= 0.3 is 0 Å². The molecule has 0 amide bonds. The fourth-order valence-corrected chi connectivity index (χ4v) is 2.12. The number of nitrogens with two attached hydrogens (primary N) is 1. The smallest absolute Gasteiger partial charge is 0.0297 e. The Labute approximate surface area is 92.7 Å². The van der Waals surface area contributed by atoms with Gasteiger partial charge in [0.25, 0.3) is 0 Å². The van der Waals surface area contributed by atoms with E-state index in [-0.39, 0.29) is 6.04 Å². The molecule has 0 heterocycles. The summed E-state index contributed by atoms with van der Waals surface area (Å²) in [4.78, 5) is 0. The molecule has 0 aromatic heterocycles. The number of hydrogen-bond acceptors (Lipinski definition) is 1. The monoisotopic (exact) mass is 203 g/mol. The average Bonchev–Trinajstić information content (AvgIpc) is 3.03. The molecule has 1 unspecified atom stereocenters. The molecular formula is C14H21N. The third-order valence-electron chi connectivity index (χ3n) is 3.20. The number of benzene rings is 1. The van der Waals surface area contributed by atoms with Crippen molar-refractivity contribution in [2.24, 2.45) is 11.7 Å². The highest BCUT2D eigenvalue weighted by molar-refractivity contribution is 5.26. The summed E-state index contributed by atoms with van der Waals surface area (Å²) in [6.07, 6.45) is 6.34. The Morgan fingerprint density at radius 2 is 2.20 bits per heavy atom. The van der Waals surface area contributed by atoms with Crippen molar-refractivity contribution in [3.63, 3.8) is 0 Å². The van der Waals surface area contributed by atoms with Crippen LogP contribution in [0.25, 0.3) is 0 Å². The third-order valence-corrected chi connectivity index (χ3v) is 3.20. The van der Waals surface area contributed by atoms with E-state index in [1.807, 2.05) is 0 Å². The first-order chi connectivity index (χ1) is 7.29. The highest BCUT2D eigenvalue weighted by atomic mass is 14.6. The molecule has 82 valence electrons. The van der Waals surface area contributed by atoms with Crippen LogP contribution in [0.15, 0.2) is 24.3 Å². The second kappa shape index (κ2) is 4.80. The predicted molar refractivity (Wildman–Crippen MR) is 64.7 cm³/mol. The quantitative estimate of drug-likeness (QED) is 0.779. The van der Waals surface area contributed by atoms with Gasteiger partial charge in [0.2, 0.25) is 0 Å². The first-order valence-corrected chi connectivity index (χ1v) is 6.14. The fourth-order valence-electron chi connectivity index (χ4n) is 2.12. The molecule has 0 bridgehead atoms. The topological polar surface area (TPSA) is 26.0 Å². The van der Waals surface area contributed by atoms with Gasteiger partial charge in [0, 0.05) is 6.04 Å². The average molecular weight is 203 g/mol. The summed E-state index contributed by atoms with van der Waals surface area (Å²) in [5.74, 6) is 0.912. The van der Waals surface area contributed by atoms with E-state index >= 15 is 0 Å². The molecule has 2 N–H and O–H groups in total. The Balaban J connectivity index is 2.01. The lowest BCUT2D eigenvalue weighted by Gasteiger charge is -2.12. The van der Waals surface area contributed by atoms with Crippen LogP contribution in [0.5, 0.6) is 0 Å². The summed E-state index contributed by atoms with van der Waals surface area (Å²) in [6, 6.07) is 9.07. The van der Waals surface area contributed by atoms with Gasteiger partial charge in [-0.05, 0) is 29.9 Å². The molecule has 1 aliphatic rings. The van der Waals surface area contributed by atoms with Crippen molar-refractivity contribution in [1.29, 1.82) is 0 Å². The Bertz CT molecular complexity index is 315. The van der Waals surface area contributed by atoms with Crippen LogP contribution in [0.1, 0.15) is 49.8 Å². The Morgan fingerprint density at radius 1 is 1.40 bits per heavy atom. The summed E-state index contributed by atoms with van der Waals surface area (Å²) in [6.45, 7) is 2.22. The van der Waals surface area contributed by atoms with E-state index in [4.69, 9.17) is 5.73 Å². The van der Waals surface area contributed by atoms with E-state index in [0.29, 0.717) is 0 Å². The minimum Gasteiger partial charge on any atom is -0.324 e. The maximum Gasteiger partial charge on any atom is 0.0297 e. The summed E-state index contributed by atoms with van der Waals surface area (Å²) >= 11 is 0. The van der Waals surface area contributed by atoms with Crippen molar-refractivity contribution >= 4 is 0 Å². The van der Waals surface area contributed by atoms with Gasteiger partial charge in [0.15, 0.2) is 0 Å². The SMILES string of the molecule is CCCc1cccc(C(N)CC2CC2)c1. The van der Waals surface area contributed by atoms with Gasteiger partial charge in [-0.3, -0.25) is 0 Å². The zero-order valence-corrected chi connectivity index (χ0v) is 9.58. The molecule has 1 aliphatic carbocycles. The molecule has 1 aromatic rings. The molecular weight excluding hydrogens is 182 g/mol. The summed E-state index contributed by atoms with van der Waals surface area (Å²) in [5, 5.41) is 0. The van der Waals surface area contributed by atoms with Crippen LogP contribution < -0.4 is 5.73 Å². The van der Waals surface area contributed by atoms with Crippen molar-refractivity contribution in [2.45, 2.75) is 45.1 Å². The van der Waals surface area contributed by atoms with Gasteiger partial charge < -0.3 is 5.73 Å². The van der Waals surface area contributed by atoms with Crippen LogP contribution >= 0.6 is 0 Å². The van der Waals surface area contributed by atoms with Crippen molar-refractivity contribution in [2.75, 3.05) is 0 Å². The molecule has 1 fully saturated rings. The molecule has 0 radical (unpaired) electrons. The first-order valence-electron chi connectivity index (χ1n) is 6.14. The molecule has 1 nitrogen and oxygen atoms in total. The summed E-state index contributed by atoms with van der Waals surface area (Å²) in [5.41, 5.74) is 8.96. The van der Waals surface area contributed by atoms with Crippen LogP contribution in [0.2, 0.25) is 0 Å².